The van der Waals surface area contributed by atoms with Gasteiger partial charge in [0.15, 0.2) is 0 Å². The minimum atomic E-state index is -0.167. The first-order valence-corrected chi connectivity index (χ1v) is 7.32. The third kappa shape index (κ3) is 4.42. The summed E-state index contributed by atoms with van der Waals surface area (Å²) in [5.74, 6) is 0.384. The van der Waals surface area contributed by atoms with Gasteiger partial charge in [0.25, 0.3) is 0 Å². The van der Waals surface area contributed by atoms with Gasteiger partial charge in [-0.2, -0.15) is 0 Å². The molecule has 1 aromatic heterocycles. The minimum Gasteiger partial charge on any atom is -0.469 e. The van der Waals surface area contributed by atoms with E-state index in [4.69, 9.17) is 4.74 Å². The zero-order valence-corrected chi connectivity index (χ0v) is 12.4. The Balaban J connectivity index is 2.74. The van der Waals surface area contributed by atoms with Gasteiger partial charge in [-0.05, 0) is 23.8 Å². The summed E-state index contributed by atoms with van der Waals surface area (Å²) in [5.41, 5.74) is 0. The van der Waals surface area contributed by atoms with Gasteiger partial charge in [-0.1, -0.05) is 26.8 Å². The van der Waals surface area contributed by atoms with Crippen LogP contribution in [0.1, 0.15) is 44.5 Å². The molecule has 0 aliphatic heterocycles. The Bertz CT molecular complexity index is 349. The lowest BCUT2D eigenvalue weighted by molar-refractivity contribution is -0.141. The van der Waals surface area contributed by atoms with Crippen molar-refractivity contribution in [1.82, 2.24) is 5.32 Å². The molecule has 0 spiro atoms. The van der Waals surface area contributed by atoms with Crippen LogP contribution in [0.25, 0.3) is 0 Å². The normalized spacial score (nSPS) is 14.5. The average Bonchev–Trinajstić information content (AvgIpc) is 2.87. The van der Waals surface area contributed by atoms with E-state index in [1.165, 1.54) is 12.0 Å². The molecule has 18 heavy (non-hydrogen) atoms. The lowest BCUT2D eigenvalue weighted by atomic mass is 9.99. The number of hydrogen-bond acceptors (Lipinski definition) is 4. The number of nitrogens with one attached hydrogen (secondary N) is 1. The number of thiophene rings is 1. The maximum Gasteiger partial charge on any atom is 0.307 e. The minimum absolute atomic E-state index is 0.0600. The fourth-order valence-corrected chi connectivity index (χ4v) is 2.81. The number of rotatable bonds is 7. The molecule has 0 aromatic carbocycles. The van der Waals surface area contributed by atoms with Crippen molar-refractivity contribution in [3.05, 3.63) is 22.4 Å². The number of carbonyl (C=O) groups excluding carboxylic acids is 1. The van der Waals surface area contributed by atoms with Crippen LogP contribution in [0.5, 0.6) is 0 Å². The van der Waals surface area contributed by atoms with Gasteiger partial charge in [-0.3, -0.25) is 4.79 Å². The first-order chi connectivity index (χ1) is 8.58. The van der Waals surface area contributed by atoms with E-state index in [9.17, 15) is 4.79 Å². The van der Waals surface area contributed by atoms with Crippen LogP contribution in [0.4, 0.5) is 0 Å². The van der Waals surface area contributed by atoms with E-state index in [0.717, 1.165) is 6.42 Å². The molecule has 1 rings (SSSR count). The van der Waals surface area contributed by atoms with Gasteiger partial charge in [0, 0.05) is 10.9 Å². The van der Waals surface area contributed by atoms with Crippen molar-refractivity contribution in [3.8, 4) is 0 Å². The summed E-state index contributed by atoms with van der Waals surface area (Å²) < 4.78 is 4.78. The largest absolute Gasteiger partial charge is 0.469 e. The fraction of sp³-hybridized carbons (Fsp3) is 0.643. The van der Waals surface area contributed by atoms with Crippen molar-refractivity contribution >= 4 is 17.3 Å². The van der Waals surface area contributed by atoms with Crippen LogP contribution in [0.3, 0.4) is 0 Å². The van der Waals surface area contributed by atoms with Crippen molar-refractivity contribution in [2.45, 2.75) is 45.7 Å². The molecular weight excluding hydrogens is 246 g/mol. The molecule has 2 unspecified atom stereocenters. The molecule has 4 heteroatoms. The van der Waals surface area contributed by atoms with Gasteiger partial charge < -0.3 is 10.1 Å². The van der Waals surface area contributed by atoms with Gasteiger partial charge in [0.1, 0.15) is 0 Å². The molecule has 1 aromatic rings. The molecule has 0 saturated heterocycles. The van der Waals surface area contributed by atoms with E-state index in [0.29, 0.717) is 18.4 Å². The molecule has 0 bridgehead atoms. The van der Waals surface area contributed by atoms with Gasteiger partial charge in [-0.15, -0.1) is 11.3 Å². The predicted octanol–water partition coefficient (Wildman–Crippen LogP) is 3.38. The maximum absolute atomic E-state index is 11.5. The van der Waals surface area contributed by atoms with Crippen molar-refractivity contribution in [2.75, 3.05) is 7.11 Å². The van der Waals surface area contributed by atoms with Crippen molar-refractivity contribution in [1.29, 1.82) is 0 Å². The highest BCUT2D eigenvalue weighted by atomic mass is 32.1. The molecular formula is C14H23NO2S. The number of ether oxygens (including phenoxy) is 1. The second kappa shape index (κ2) is 7.54. The molecule has 1 heterocycles. The summed E-state index contributed by atoms with van der Waals surface area (Å²) in [5, 5.41) is 5.62. The molecule has 0 amide bonds. The summed E-state index contributed by atoms with van der Waals surface area (Å²) in [4.78, 5) is 12.7. The molecule has 0 aliphatic carbocycles. The Morgan fingerprint density at radius 3 is 2.67 bits per heavy atom. The van der Waals surface area contributed by atoms with Crippen LogP contribution in [-0.4, -0.2) is 19.1 Å². The second-order valence-electron chi connectivity index (χ2n) is 4.77. The lowest BCUT2D eigenvalue weighted by Gasteiger charge is -2.26. The van der Waals surface area contributed by atoms with Crippen LogP contribution in [0.2, 0.25) is 0 Å². The number of esters is 1. The topological polar surface area (TPSA) is 38.3 Å². The number of methoxy groups -OCH3 is 1. The first-order valence-electron chi connectivity index (χ1n) is 6.44. The molecule has 0 fully saturated rings. The van der Waals surface area contributed by atoms with Gasteiger partial charge in [-0.25, -0.2) is 0 Å². The monoisotopic (exact) mass is 269 g/mol. The van der Waals surface area contributed by atoms with E-state index < -0.39 is 0 Å². The Morgan fingerprint density at radius 1 is 1.50 bits per heavy atom. The predicted molar refractivity (Wildman–Crippen MR) is 75.7 cm³/mol. The molecule has 102 valence electrons. The lowest BCUT2D eigenvalue weighted by Crippen LogP contribution is -2.37. The van der Waals surface area contributed by atoms with E-state index >= 15 is 0 Å². The van der Waals surface area contributed by atoms with Crippen molar-refractivity contribution < 1.29 is 9.53 Å². The Hall–Kier alpha value is -0.870. The third-order valence-electron chi connectivity index (χ3n) is 3.14. The zero-order chi connectivity index (χ0) is 13.5. The Kier molecular flexibility index (Phi) is 6.36. The highest BCUT2D eigenvalue weighted by Crippen LogP contribution is 2.24. The van der Waals surface area contributed by atoms with Crippen molar-refractivity contribution in [2.24, 2.45) is 5.92 Å². The number of hydrogen-bond donors (Lipinski definition) is 1. The van der Waals surface area contributed by atoms with Gasteiger partial charge in [0.05, 0.1) is 19.6 Å². The summed E-state index contributed by atoms with van der Waals surface area (Å²) in [6.07, 6.45) is 1.45. The molecule has 1 N–H and O–H groups in total. The van der Waals surface area contributed by atoms with Crippen LogP contribution in [-0.2, 0) is 9.53 Å². The second-order valence-corrected chi connectivity index (χ2v) is 5.75. The Morgan fingerprint density at radius 2 is 2.22 bits per heavy atom. The van der Waals surface area contributed by atoms with Crippen LogP contribution in [0, 0.1) is 5.92 Å². The fourth-order valence-electron chi connectivity index (χ4n) is 2.02. The standard InChI is InChI=1S/C14H23NO2S/c1-5-11(10(2)3)15-12(9-14(16)17-4)13-7-6-8-18-13/h6-8,10-12,15H,5,9H2,1-4H3. The summed E-state index contributed by atoms with van der Waals surface area (Å²) in [6, 6.07) is 4.56. The highest BCUT2D eigenvalue weighted by molar-refractivity contribution is 7.10. The Labute approximate surface area is 114 Å². The molecule has 0 radical (unpaired) electrons. The van der Waals surface area contributed by atoms with E-state index in [1.807, 2.05) is 11.4 Å². The maximum atomic E-state index is 11.5. The first kappa shape index (κ1) is 15.2. The van der Waals surface area contributed by atoms with E-state index in [2.05, 4.69) is 32.2 Å². The van der Waals surface area contributed by atoms with E-state index in [1.54, 1.807) is 11.3 Å². The highest BCUT2D eigenvalue weighted by Gasteiger charge is 2.21. The molecule has 2 atom stereocenters. The summed E-state index contributed by atoms with van der Waals surface area (Å²) in [7, 11) is 1.44. The SMILES string of the molecule is CCC(NC(CC(=O)OC)c1cccs1)C(C)C. The smallest absolute Gasteiger partial charge is 0.307 e. The molecule has 0 saturated carbocycles. The summed E-state index contributed by atoms with van der Waals surface area (Å²) >= 11 is 1.68. The van der Waals surface area contributed by atoms with Crippen LogP contribution >= 0.6 is 11.3 Å². The molecule has 0 aliphatic rings. The number of carbonyl (C=O) groups is 1. The van der Waals surface area contributed by atoms with Crippen molar-refractivity contribution in [3.63, 3.8) is 0 Å². The molecule has 3 nitrogen and oxygen atoms in total. The zero-order valence-electron chi connectivity index (χ0n) is 11.6. The van der Waals surface area contributed by atoms with Gasteiger partial charge >= 0.3 is 5.97 Å². The van der Waals surface area contributed by atoms with Crippen LogP contribution in [0.15, 0.2) is 17.5 Å². The third-order valence-corrected chi connectivity index (χ3v) is 4.13. The van der Waals surface area contributed by atoms with Gasteiger partial charge in [0.2, 0.25) is 0 Å². The average molecular weight is 269 g/mol. The quantitative estimate of drug-likeness (QED) is 0.771. The van der Waals surface area contributed by atoms with Crippen LogP contribution < -0.4 is 5.32 Å². The summed E-state index contributed by atoms with van der Waals surface area (Å²) in [6.45, 7) is 6.57. The van der Waals surface area contributed by atoms with E-state index in [-0.39, 0.29) is 12.0 Å².